The molecule has 0 aromatic carbocycles. The van der Waals surface area contributed by atoms with Crippen LogP contribution in [0, 0.1) is 6.92 Å². The highest BCUT2D eigenvalue weighted by Crippen LogP contribution is 2.16. The van der Waals surface area contributed by atoms with Gasteiger partial charge in [0.15, 0.2) is 0 Å². The van der Waals surface area contributed by atoms with Crippen molar-refractivity contribution in [1.82, 2.24) is 15.2 Å². The lowest BCUT2D eigenvalue weighted by Gasteiger charge is -2.30. The van der Waals surface area contributed by atoms with Crippen LogP contribution in [0.25, 0.3) is 0 Å². The van der Waals surface area contributed by atoms with Crippen molar-refractivity contribution < 1.29 is 4.79 Å². The maximum Gasteiger partial charge on any atom is 0.242 e. The van der Waals surface area contributed by atoms with Crippen molar-refractivity contribution in [3.05, 3.63) is 24.0 Å². The van der Waals surface area contributed by atoms with Crippen LogP contribution in [0.5, 0.6) is 0 Å². The smallest absolute Gasteiger partial charge is 0.242 e. The Morgan fingerprint density at radius 2 is 2.22 bits per heavy atom. The molecule has 5 nitrogen and oxygen atoms in total. The zero-order chi connectivity index (χ0) is 13.0. The molecule has 1 N–H and O–H groups in total. The number of amides is 1. The van der Waals surface area contributed by atoms with Crippen molar-refractivity contribution in [3.8, 4) is 0 Å². The number of nitrogens with zero attached hydrogens (tertiary/aromatic N) is 3. The molecule has 5 heteroatoms. The van der Waals surface area contributed by atoms with E-state index in [-0.39, 0.29) is 5.91 Å². The van der Waals surface area contributed by atoms with E-state index in [0.717, 1.165) is 37.4 Å². The van der Waals surface area contributed by atoms with Gasteiger partial charge in [0.05, 0.1) is 6.54 Å². The van der Waals surface area contributed by atoms with Gasteiger partial charge in [0.1, 0.15) is 0 Å². The molecule has 0 spiro atoms. The molecular formula is C13H20N4O. The summed E-state index contributed by atoms with van der Waals surface area (Å²) in [5.74, 6) is 0.190. The minimum Gasteiger partial charge on any atom is -0.365 e. The van der Waals surface area contributed by atoms with Gasteiger partial charge < -0.3 is 15.1 Å². The number of nitrogens with one attached hydrogen (secondary N) is 1. The quantitative estimate of drug-likeness (QED) is 0.833. The van der Waals surface area contributed by atoms with Crippen LogP contribution < -0.4 is 10.2 Å². The number of aryl methyl sites for hydroxylation is 1. The van der Waals surface area contributed by atoms with Crippen LogP contribution in [0.15, 0.2) is 18.5 Å². The number of likely N-dealkylation sites (N-methyl/N-ethyl adjacent to an activating group) is 1. The molecule has 1 saturated heterocycles. The molecule has 2 rings (SSSR count). The third kappa shape index (κ3) is 2.98. The molecular weight excluding hydrogens is 228 g/mol. The first kappa shape index (κ1) is 12.8. The van der Waals surface area contributed by atoms with Gasteiger partial charge in [0, 0.05) is 51.3 Å². The number of carbonyl (C=O) groups excluding carboxylic acids is 1. The van der Waals surface area contributed by atoms with E-state index in [0.29, 0.717) is 6.54 Å². The second kappa shape index (κ2) is 5.82. The Bertz CT molecular complexity index is 415. The van der Waals surface area contributed by atoms with Gasteiger partial charge in [-0.25, -0.2) is 0 Å². The average Bonchev–Trinajstić information content (AvgIpc) is 2.40. The van der Waals surface area contributed by atoms with Crippen molar-refractivity contribution >= 4 is 11.6 Å². The third-order valence-corrected chi connectivity index (χ3v) is 3.24. The Hall–Kier alpha value is -1.62. The lowest BCUT2D eigenvalue weighted by molar-refractivity contribution is -0.130. The Balaban J connectivity index is 1.96. The summed E-state index contributed by atoms with van der Waals surface area (Å²) in [5, 5.41) is 3.25. The number of hydrogen-bond acceptors (Lipinski definition) is 4. The molecule has 18 heavy (non-hydrogen) atoms. The highest BCUT2D eigenvalue weighted by Gasteiger charge is 2.18. The first-order valence-electron chi connectivity index (χ1n) is 6.28. The van der Waals surface area contributed by atoms with Crippen molar-refractivity contribution in [2.75, 3.05) is 44.7 Å². The van der Waals surface area contributed by atoms with Crippen molar-refractivity contribution in [2.24, 2.45) is 0 Å². The molecule has 1 aromatic rings. The van der Waals surface area contributed by atoms with Crippen LogP contribution in [-0.4, -0.2) is 55.6 Å². The number of aromatic nitrogens is 1. The summed E-state index contributed by atoms with van der Waals surface area (Å²) in [6, 6.07) is 1.94. The molecule has 1 fully saturated rings. The number of pyridine rings is 1. The number of hydrogen-bond donors (Lipinski definition) is 1. The van der Waals surface area contributed by atoms with E-state index >= 15 is 0 Å². The van der Waals surface area contributed by atoms with Gasteiger partial charge in [-0.2, -0.15) is 0 Å². The van der Waals surface area contributed by atoms with Crippen LogP contribution in [0.1, 0.15) is 5.56 Å². The van der Waals surface area contributed by atoms with Gasteiger partial charge in [-0.1, -0.05) is 0 Å². The zero-order valence-electron chi connectivity index (χ0n) is 11.0. The number of piperazine rings is 1. The minimum absolute atomic E-state index is 0.190. The Labute approximate surface area is 108 Å². The fraction of sp³-hybridized carbons (Fsp3) is 0.538. The molecule has 1 amide bonds. The van der Waals surface area contributed by atoms with Crippen molar-refractivity contribution in [2.45, 2.75) is 6.92 Å². The molecule has 2 heterocycles. The fourth-order valence-electron chi connectivity index (χ4n) is 2.20. The molecule has 0 saturated carbocycles. The van der Waals surface area contributed by atoms with Crippen molar-refractivity contribution in [1.29, 1.82) is 0 Å². The summed E-state index contributed by atoms with van der Waals surface area (Å²) < 4.78 is 0. The Morgan fingerprint density at radius 3 is 2.89 bits per heavy atom. The number of anilines is 1. The van der Waals surface area contributed by atoms with Crippen LogP contribution in [-0.2, 0) is 4.79 Å². The maximum absolute atomic E-state index is 12.1. The highest BCUT2D eigenvalue weighted by atomic mass is 16.2. The first-order valence-corrected chi connectivity index (χ1v) is 6.28. The van der Waals surface area contributed by atoms with Crippen LogP contribution in [0.2, 0.25) is 0 Å². The molecule has 0 unspecified atom stereocenters. The second-order valence-electron chi connectivity index (χ2n) is 4.65. The van der Waals surface area contributed by atoms with E-state index in [1.165, 1.54) is 0 Å². The molecule has 98 valence electrons. The molecule has 1 aliphatic rings. The van der Waals surface area contributed by atoms with Gasteiger partial charge >= 0.3 is 0 Å². The van der Waals surface area contributed by atoms with Gasteiger partial charge in [-0.3, -0.25) is 9.78 Å². The van der Waals surface area contributed by atoms with E-state index in [1.54, 1.807) is 6.20 Å². The Morgan fingerprint density at radius 1 is 1.50 bits per heavy atom. The highest BCUT2D eigenvalue weighted by molar-refractivity contribution is 5.81. The monoisotopic (exact) mass is 248 g/mol. The van der Waals surface area contributed by atoms with Crippen LogP contribution >= 0.6 is 0 Å². The number of rotatable bonds is 3. The normalized spacial score (nSPS) is 15.6. The van der Waals surface area contributed by atoms with Gasteiger partial charge in [-0.15, -0.1) is 0 Å². The van der Waals surface area contributed by atoms with E-state index in [2.05, 4.69) is 10.3 Å². The molecule has 1 aromatic heterocycles. The van der Waals surface area contributed by atoms with Crippen LogP contribution in [0.3, 0.4) is 0 Å². The minimum atomic E-state index is 0.190. The summed E-state index contributed by atoms with van der Waals surface area (Å²) in [7, 11) is 1.95. The summed E-state index contributed by atoms with van der Waals surface area (Å²) in [5.41, 5.74) is 2.15. The van der Waals surface area contributed by atoms with Crippen LogP contribution in [0.4, 0.5) is 5.69 Å². The molecule has 0 atom stereocenters. The van der Waals surface area contributed by atoms with E-state index < -0.39 is 0 Å². The largest absolute Gasteiger partial charge is 0.365 e. The predicted octanol–water partition coefficient (Wildman–Crippen LogP) is 0.258. The lowest BCUT2D eigenvalue weighted by atomic mass is 10.2. The molecule has 0 radical (unpaired) electrons. The second-order valence-corrected chi connectivity index (χ2v) is 4.65. The molecule has 0 aliphatic carbocycles. The maximum atomic E-state index is 12.1. The summed E-state index contributed by atoms with van der Waals surface area (Å²) in [6.45, 7) is 5.83. The summed E-state index contributed by atoms with van der Waals surface area (Å²) in [6.07, 6.45) is 3.58. The van der Waals surface area contributed by atoms with Gasteiger partial charge in [0.25, 0.3) is 0 Å². The fourth-order valence-corrected chi connectivity index (χ4v) is 2.20. The third-order valence-electron chi connectivity index (χ3n) is 3.24. The molecule has 1 aliphatic heterocycles. The predicted molar refractivity (Wildman–Crippen MR) is 71.7 cm³/mol. The average molecular weight is 248 g/mol. The standard InChI is InChI=1S/C13H20N4O/c1-11-9-15-4-3-12(11)16(2)10-13(18)17-7-5-14-6-8-17/h3-4,9,14H,5-8,10H2,1-2H3. The Kier molecular flexibility index (Phi) is 4.15. The lowest BCUT2D eigenvalue weighted by Crippen LogP contribution is -2.49. The topological polar surface area (TPSA) is 48.5 Å². The molecule has 0 bridgehead atoms. The summed E-state index contributed by atoms with van der Waals surface area (Å²) in [4.78, 5) is 20.1. The number of carbonyl (C=O) groups is 1. The van der Waals surface area contributed by atoms with Gasteiger partial charge in [-0.05, 0) is 18.6 Å². The zero-order valence-corrected chi connectivity index (χ0v) is 11.0. The summed E-state index contributed by atoms with van der Waals surface area (Å²) >= 11 is 0. The van der Waals surface area contributed by atoms with E-state index in [1.807, 2.05) is 36.0 Å². The first-order chi connectivity index (χ1) is 8.68. The SMILES string of the molecule is Cc1cnccc1N(C)CC(=O)N1CCNCC1. The van der Waals surface area contributed by atoms with E-state index in [9.17, 15) is 4.79 Å². The van der Waals surface area contributed by atoms with E-state index in [4.69, 9.17) is 0 Å². The van der Waals surface area contributed by atoms with Gasteiger partial charge in [0.2, 0.25) is 5.91 Å². The van der Waals surface area contributed by atoms with Crippen molar-refractivity contribution in [3.63, 3.8) is 0 Å².